The fourth-order valence-corrected chi connectivity index (χ4v) is 0.355. The van der Waals surface area contributed by atoms with Gasteiger partial charge < -0.3 is 9.47 Å². The van der Waals surface area contributed by atoms with E-state index < -0.39 is 12.4 Å². The third-order valence-electron chi connectivity index (χ3n) is 0.686. The van der Waals surface area contributed by atoms with E-state index >= 15 is 0 Å². The van der Waals surface area contributed by atoms with Crippen molar-refractivity contribution < 1.29 is 19.4 Å². The van der Waals surface area contributed by atoms with Gasteiger partial charge in [0.1, 0.15) is 0 Å². The number of carbonyl (C=O) groups is 1. The molecule has 1 radical (unpaired) electrons. The molecule has 0 heterocycles. The zero-order valence-electron chi connectivity index (χ0n) is 6.12. The molecule has 0 aromatic rings. The van der Waals surface area contributed by atoms with Crippen LogP contribution in [0.2, 0.25) is 0 Å². The highest BCUT2D eigenvalue weighted by Crippen LogP contribution is 1.91. The average molecular weight is 147 g/mol. The third-order valence-corrected chi connectivity index (χ3v) is 0.686. The molecule has 59 valence electrons. The van der Waals surface area contributed by atoms with E-state index in [2.05, 4.69) is 9.47 Å². The van der Waals surface area contributed by atoms with Crippen LogP contribution in [0.25, 0.3) is 0 Å². The molecule has 4 heteroatoms. The van der Waals surface area contributed by atoms with E-state index in [0.29, 0.717) is 6.61 Å². The summed E-state index contributed by atoms with van der Waals surface area (Å²) in [6, 6.07) is 0. The molecule has 10 heavy (non-hydrogen) atoms. The van der Waals surface area contributed by atoms with E-state index in [4.69, 9.17) is 0 Å². The summed E-state index contributed by atoms with van der Waals surface area (Å²) in [6.45, 7) is 3.38. The first kappa shape index (κ1) is 9.23. The van der Waals surface area contributed by atoms with Gasteiger partial charge in [-0.1, -0.05) is 6.92 Å². The maximum Gasteiger partial charge on any atom is 0.510 e. The van der Waals surface area contributed by atoms with E-state index in [-0.39, 0.29) is 0 Å². The van der Waals surface area contributed by atoms with Crippen LogP contribution in [0.5, 0.6) is 0 Å². The molecular weight excluding hydrogens is 136 g/mol. The van der Waals surface area contributed by atoms with Gasteiger partial charge in [0.05, 0.1) is 6.61 Å². The molecule has 0 aliphatic rings. The van der Waals surface area contributed by atoms with Crippen LogP contribution >= 0.6 is 0 Å². The summed E-state index contributed by atoms with van der Waals surface area (Å²) in [5, 5.41) is 10.2. The number of hydrogen-bond donors (Lipinski definition) is 0. The monoisotopic (exact) mass is 147 g/mol. The molecule has 1 unspecified atom stereocenters. The zero-order valence-corrected chi connectivity index (χ0v) is 6.12. The number of hydrogen-bond acceptors (Lipinski definition) is 3. The molecule has 4 nitrogen and oxygen atoms in total. The highest BCUT2D eigenvalue weighted by atomic mass is 16.8. The normalized spacial score (nSPS) is 12.3. The smallest absolute Gasteiger partial charge is 0.434 e. The van der Waals surface area contributed by atoms with Crippen LogP contribution in [0, 0.1) is 0 Å². The van der Waals surface area contributed by atoms with Gasteiger partial charge in [0, 0.05) is 6.92 Å². The molecule has 0 amide bonds. The first-order valence-electron chi connectivity index (χ1n) is 3.16. The van der Waals surface area contributed by atoms with Gasteiger partial charge in [-0.15, -0.1) is 0 Å². The Morgan fingerprint density at radius 3 is 2.60 bits per heavy atom. The van der Waals surface area contributed by atoms with Crippen molar-refractivity contribution in [1.82, 2.24) is 0 Å². The fourth-order valence-electron chi connectivity index (χ4n) is 0.355. The van der Waals surface area contributed by atoms with Gasteiger partial charge in [0.2, 0.25) is 6.29 Å². The summed E-state index contributed by atoms with van der Waals surface area (Å²) in [4.78, 5) is 10.4. The van der Waals surface area contributed by atoms with Crippen molar-refractivity contribution in [3.63, 3.8) is 0 Å². The molecule has 0 bridgehead atoms. The minimum Gasteiger partial charge on any atom is -0.434 e. The van der Waals surface area contributed by atoms with Gasteiger partial charge in [-0.05, 0) is 6.42 Å². The van der Waals surface area contributed by atoms with Crippen LogP contribution in [0.1, 0.15) is 20.3 Å². The predicted molar refractivity (Wildman–Crippen MR) is 32.9 cm³/mol. The summed E-state index contributed by atoms with van der Waals surface area (Å²) in [7, 11) is 0. The quantitative estimate of drug-likeness (QED) is 0.447. The summed E-state index contributed by atoms with van der Waals surface area (Å²) in [5.74, 6) is 0. The van der Waals surface area contributed by atoms with Crippen molar-refractivity contribution in [2.24, 2.45) is 0 Å². The molecule has 0 aromatic carbocycles. The maximum absolute atomic E-state index is 10.4. The standard InChI is InChI=1S/C6H11O4/c1-3-4-9-6(8)10-5(2)7/h5H,3-4H2,1-2H3. The van der Waals surface area contributed by atoms with Crippen molar-refractivity contribution in [3.05, 3.63) is 0 Å². The van der Waals surface area contributed by atoms with Gasteiger partial charge in [-0.25, -0.2) is 4.79 Å². The van der Waals surface area contributed by atoms with Crippen molar-refractivity contribution in [1.29, 1.82) is 0 Å². The Bertz CT molecular complexity index is 99.9. The van der Waals surface area contributed by atoms with E-state index in [1.54, 1.807) is 0 Å². The van der Waals surface area contributed by atoms with E-state index in [1.807, 2.05) is 6.92 Å². The highest BCUT2D eigenvalue weighted by molar-refractivity contribution is 5.59. The number of ether oxygens (including phenoxy) is 2. The molecule has 0 aliphatic carbocycles. The van der Waals surface area contributed by atoms with E-state index in [1.165, 1.54) is 6.92 Å². The molecule has 0 aromatic heterocycles. The third kappa shape index (κ3) is 5.37. The Kier molecular flexibility index (Phi) is 4.66. The molecule has 0 fully saturated rings. The lowest BCUT2D eigenvalue weighted by atomic mass is 10.5. The molecule has 1 atom stereocenters. The summed E-state index contributed by atoms with van der Waals surface area (Å²) < 4.78 is 8.58. The van der Waals surface area contributed by atoms with Crippen molar-refractivity contribution in [3.8, 4) is 0 Å². The van der Waals surface area contributed by atoms with Crippen LogP contribution in [-0.4, -0.2) is 19.1 Å². The lowest BCUT2D eigenvalue weighted by molar-refractivity contribution is -0.105. The minimum absolute atomic E-state index is 0.297. The van der Waals surface area contributed by atoms with Gasteiger partial charge in [-0.2, -0.15) is 5.11 Å². The van der Waals surface area contributed by atoms with Gasteiger partial charge in [-0.3, -0.25) is 0 Å². The lowest BCUT2D eigenvalue weighted by Gasteiger charge is -2.04. The highest BCUT2D eigenvalue weighted by Gasteiger charge is 2.06. The second-order valence-electron chi connectivity index (χ2n) is 1.78. The first-order valence-corrected chi connectivity index (χ1v) is 3.16. The zero-order chi connectivity index (χ0) is 7.98. The molecule has 0 rings (SSSR count). The fraction of sp³-hybridized carbons (Fsp3) is 0.833. The molecule has 0 saturated heterocycles. The summed E-state index contributed by atoms with van der Waals surface area (Å²) in [6.07, 6.45) is -1.50. The van der Waals surface area contributed by atoms with Crippen LogP contribution in [0.4, 0.5) is 4.79 Å². The molecule has 0 spiro atoms. The summed E-state index contributed by atoms with van der Waals surface area (Å²) in [5.41, 5.74) is 0. The largest absolute Gasteiger partial charge is 0.510 e. The topological polar surface area (TPSA) is 55.4 Å². The van der Waals surface area contributed by atoms with Crippen molar-refractivity contribution in [2.45, 2.75) is 26.6 Å². The Morgan fingerprint density at radius 1 is 1.60 bits per heavy atom. The predicted octanol–water partition coefficient (Wildman–Crippen LogP) is 1.33. The Morgan fingerprint density at radius 2 is 2.20 bits per heavy atom. The Hall–Kier alpha value is -0.770. The van der Waals surface area contributed by atoms with E-state index in [9.17, 15) is 9.90 Å². The first-order chi connectivity index (χ1) is 4.66. The molecule has 0 N–H and O–H groups in total. The van der Waals surface area contributed by atoms with Crippen LogP contribution in [0.3, 0.4) is 0 Å². The molecule has 0 saturated carbocycles. The van der Waals surface area contributed by atoms with Gasteiger partial charge in [0.25, 0.3) is 0 Å². The molecule has 0 aliphatic heterocycles. The number of rotatable bonds is 3. The van der Waals surface area contributed by atoms with Crippen LogP contribution in [-0.2, 0) is 14.6 Å². The second kappa shape index (κ2) is 5.05. The van der Waals surface area contributed by atoms with Crippen molar-refractivity contribution in [2.75, 3.05) is 6.61 Å². The second-order valence-corrected chi connectivity index (χ2v) is 1.78. The van der Waals surface area contributed by atoms with Gasteiger partial charge in [0.15, 0.2) is 0 Å². The summed E-state index contributed by atoms with van der Waals surface area (Å²) >= 11 is 0. The number of carbonyl (C=O) groups excluding carboxylic acids is 1. The van der Waals surface area contributed by atoms with Crippen molar-refractivity contribution >= 4 is 6.16 Å². The van der Waals surface area contributed by atoms with Gasteiger partial charge >= 0.3 is 6.16 Å². The molecular formula is C6H11O4. The minimum atomic E-state index is -1.34. The SMILES string of the molecule is CCCOC(=O)OC(C)[O]. The maximum atomic E-state index is 10.4. The van der Waals surface area contributed by atoms with E-state index in [0.717, 1.165) is 6.42 Å². The van der Waals surface area contributed by atoms with Crippen LogP contribution in [0.15, 0.2) is 0 Å². The lowest BCUT2D eigenvalue weighted by Crippen LogP contribution is -2.14. The average Bonchev–Trinajstić information content (AvgIpc) is 1.82. The Balaban J connectivity index is 3.26. The van der Waals surface area contributed by atoms with Crippen LogP contribution < -0.4 is 0 Å². The Labute approximate surface area is 59.7 Å².